The van der Waals surface area contributed by atoms with E-state index in [0.29, 0.717) is 11.3 Å². The van der Waals surface area contributed by atoms with Crippen LogP contribution in [0.15, 0.2) is 36.5 Å². The zero-order chi connectivity index (χ0) is 15.5. The molecule has 1 fully saturated rings. The molecule has 1 aromatic heterocycles. The largest absolute Gasteiger partial charge is 0.339 e. The second-order valence-electron chi connectivity index (χ2n) is 4.87. The van der Waals surface area contributed by atoms with Gasteiger partial charge in [0.1, 0.15) is 15.9 Å². The summed E-state index contributed by atoms with van der Waals surface area (Å²) in [7, 11) is 0. The number of carbonyl (C=O) groups excluding carboxylic acids is 3. The van der Waals surface area contributed by atoms with E-state index in [-0.39, 0.29) is 18.2 Å². The van der Waals surface area contributed by atoms with Gasteiger partial charge in [0.25, 0.3) is 5.91 Å². The maximum absolute atomic E-state index is 12.2. The molecule has 1 aromatic carbocycles. The molecule has 3 amide bonds. The van der Waals surface area contributed by atoms with Crippen molar-refractivity contribution in [2.45, 2.75) is 18.9 Å². The monoisotopic (exact) mass is 315 g/mol. The Morgan fingerprint density at radius 1 is 1.27 bits per heavy atom. The number of nitrogens with zero attached hydrogens (tertiary/aromatic N) is 1. The number of amides is 3. The molecule has 0 bridgehead atoms. The van der Waals surface area contributed by atoms with Crippen LogP contribution in [0.2, 0.25) is 0 Å². The van der Waals surface area contributed by atoms with Crippen LogP contribution in [0, 0.1) is 0 Å². The maximum Gasteiger partial charge on any atom is 0.263 e. The minimum absolute atomic E-state index is 0.231. The molecule has 6 nitrogen and oxygen atoms in total. The average Bonchev–Trinajstić information content (AvgIpc) is 3.01. The third-order valence-electron chi connectivity index (χ3n) is 3.29. The van der Waals surface area contributed by atoms with E-state index < -0.39 is 11.9 Å². The lowest BCUT2D eigenvalue weighted by atomic mass is 10.1. The molecule has 1 unspecified atom stereocenters. The molecule has 2 heterocycles. The number of thiazole rings is 1. The first-order valence-corrected chi connectivity index (χ1v) is 7.61. The highest BCUT2D eigenvalue weighted by Gasteiger charge is 2.28. The number of rotatable bonds is 3. The van der Waals surface area contributed by atoms with Crippen LogP contribution >= 0.6 is 11.3 Å². The lowest BCUT2D eigenvalue weighted by molar-refractivity contribution is -0.134. The zero-order valence-corrected chi connectivity index (χ0v) is 12.4. The maximum atomic E-state index is 12.2. The van der Waals surface area contributed by atoms with Gasteiger partial charge >= 0.3 is 0 Å². The van der Waals surface area contributed by atoms with E-state index in [2.05, 4.69) is 15.6 Å². The molecule has 1 saturated heterocycles. The van der Waals surface area contributed by atoms with E-state index in [9.17, 15) is 14.4 Å². The van der Waals surface area contributed by atoms with Crippen molar-refractivity contribution in [2.75, 3.05) is 0 Å². The molecule has 2 N–H and O–H groups in total. The van der Waals surface area contributed by atoms with Gasteiger partial charge in [-0.15, -0.1) is 11.3 Å². The Morgan fingerprint density at radius 2 is 2.05 bits per heavy atom. The van der Waals surface area contributed by atoms with Crippen LogP contribution in [0.4, 0.5) is 0 Å². The van der Waals surface area contributed by atoms with Crippen LogP contribution in [-0.4, -0.2) is 28.7 Å². The average molecular weight is 315 g/mol. The molecule has 3 rings (SSSR count). The molecule has 0 radical (unpaired) electrons. The van der Waals surface area contributed by atoms with Gasteiger partial charge in [-0.3, -0.25) is 19.7 Å². The van der Waals surface area contributed by atoms with E-state index in [4.69, 9.17) is 0 Å². The highest BCUT2D eigenvalue weighted by molar-refractivity contribution is 7.16. The van der Waals surface area contributed by atoms with E-state index in [1.807, 2.05) is 30.3 Å². The van der Waals surface area contributed by atoms with Crippen molar-refractivity contribution >= 4 is 29.1 Å². The fourth-order valence-corrected chi connectivity index (χ4v) is 2.98. The van der Waals surface area contributed by atoms with Crippen LogP contribution in [-0.2, 0) is 9.59 Å². The Kier molecular flexibility index (Phi) is 3.97. The molecule has 1 aliphatic rings. The standard InChI is InChI=1S/C15H13N3O3S/c19-12-7-6-10(13(20)18-12)17-14(21)11-8-16-15(22-11)9-4-2-1-3-5-9/h1-5,8,10H,6-7H2,(H,17,21)(H,18,19,20). The third-order valence-corrected chi connectivity index (χ3v) is 4.34. The second-order valence-corrected chi connectivity index (χ2v) is 5.90. The number of carbonyl (C=O) groups is 3. The molecule has 0 saturated carbocycles. The first kappa shape index (κ1) is 14.4. The minimum Gasteiger partial charge on any atom is -0.339 e. The smallest absolute Gasteiger partial charge is 0.263 e. The molecule has 2 aromatic rings. The summed E-state index contributed by atoms with van der Waals surface area (Å²) >= 11 is 1.26. The van der Waals surface area contributed by atoms with E-state index >= 15 is 0 Å². The summed E-state index contributed by atoms with van der Waals surface area (Å²) in [5, 5.41) is 5.59. The van der Waals surface area contributed by atoms with Gasteiger partial charge in [-0.2, -0.15) is 0 Å². The number of benzene rings is 1. The van der Waals surface area contributed by atoms with Crippen LogP contribution in [0.25, 0.3) is 10.6 Å². The SMILES string of the molecule is O=C1CCC(NC(=O)c2cnc(-c3ccccc3)s2)C(=O)N1. The zero-order valence-electron chi connectivity index (χ0n) is 11.5. The van der Waals surface area contributed by atoms with Crippen LogP contribution in [0.1, 0.15) is 22.5 Å². The minimum atomic E-state index is -0.674. The number of hydrogen-bond acceptors (Lipinski definition) is 5. The van der Waals surface area contributed by atoms with Gasteiger partial charge in [0.2, 0.25) is 11.8 Å². The van der Waals surface area contributed by atoms with Gasteiger partial charge in [0.05, 0.1) is 6.20 Å². The topological polar surface area (TPSA) is 88.2 Å². The molecule has 112 valence electrons. The molecule has 0 aliphatic carbocycles. The summed E-state index contributed by atoms with van der Waals surface area (Å²) in [4.78, 5) is 39.6. The van der Waals surface area contributed by atoms with Crippen molar-refractivity contribution in [3.63, 3.8) is 0 Å². The normalized spacial score (nSPS) is 17.9. The highest BCUT2D eigenvalue weighted by atomic mass is 32.1. The molecular formula is C15H13N3O3S. The Balaban J connectivity index is 1.70. The van der Waals surface area contributed by atoms with Gasteiger partial charge in [-0.25, -0.2) is 4.98 Å². The molecule has 1 aliphatic heterocycles. The number of imide groups is 1. The Hall–Kier alpha value is -2.54. The van der Waals surface area contributed by atoms with Crippen molar-refractivity contribution < 1.29 is 14.4 Å². The fraction of sp³-hybridized carbons (Fsp3) is 0.200. The Bertz CT molecular complexity index is 727. The lowest BCUT2D eigenvalue weighted by Crippen LogP contribution is -2.52. The molecular weight excluding hydrogens is 302 g/mol. The molecule has 7 heteroatoms. The first-order valence-electron chi connectivity index (χ1n) is 6.79. The summed E-state index contributed by atoms with van der Waals surface area (Å²) in [6, 6.07) is 8.88. The first-order chi connectivity index (χ1) is 10.6. The fourth-order valence-electron chi connectivity index (χ4n) is 2.15. The quantitative estimate of drug-likeness (QED) is 0.837. The van der Waals surface area contributed by atoms with Gasteiger partial charge < -0.3 is 5.32 Å². The third kappa shape index (κ3) is 3.04. The van der Waals surface area contributed by atoms with Crippen molar-refractivity contribution in [3.05, 3.63) is 41.4 Å². The predicted octanol–water partition coefficient (Wildman–Crippen LogP) is 1.35. The van der Waals surface area contributed by atoms with Gasteiger partial charge in [-0.05, 0) is 6.42 Å². The van der Waals surface area contributed by atoms with E-state index in [1.165, 1.54) is 17.5 Å². The Morgan fingerprint density at radius 3 is 2.77 bits per heavy atom. The summed E-state index contributed by atoms with van der Waals surface area (Å²) < 4.78 is 0. The summed E-state index contributed by atoms with van der Waals surface area (Å²) in [5.74, 6) is -1.12. The van der Waals surface area contributed by atoms with Crippen LogP contribution in [0.5, 0.6) is 0 Å². The molecule has 1 atom stereocenters. The Labute approximate surface area is 130 Å². The number of aromatic nitrogens is 1. The van der Waals surface area contributed by atoms with Crippen LogP contribution < -0.4 is 10.6 Å². The van der Waals surface area contributed by atoms with Crippen LogP contribution in [0.3, 0.4) is 0 Å². The van der Waals surface area contributed by atoms with Crippen molar-refractivity contribution in [1.29, 1.82) is 0 Å². The second kappa shape index (κ2) is 6.07. The summed E-state index contributed by atoms with van der Waals surface area (Å²) in [5.41, 5.74) is 0.938. The van der Waals surface area contributed by atoms with Gasteiger partial charge in [0.15, 0.2) is 0 Å². The van der Waals surface area contributed by atoms with Gasteiger partial charge in [-0.1, -0.05) is 30.3 Å². The summed E-state index contributed by atoms with van der Waals surface area (Å²) in [6.45, 7) is 0. The number of piperidine rings is 1. The van der Waals surface area contributed by atoms with Crippen molar-refractivity contribution in [1.82, 2.24) is 15.6 Å². The highest BCUT2D eigenvalue weighted by Crippen LogP contribution is 2.24. The molecule has 0 spiro atoms. The van der Waals surface area contributed by atoms with Gasteiger partial charge in [0, 0.05) is 12.0 Å². The lowest BCUT2D eigenvalue weighted by Gasteiger charge is -2.21. The van der Waals surface area contributed by atoms with E-state index in [0.717, 1.165) is 10.6 Å². The number of nitrogens with one attached hydrogen (secondary N) is 2. The molecule has 22 heavy (non-hydrogen) atoms. The summed E-state index contributed by atoms with van der Waals surface area (Å²) in [6.07, 6.45) is 2.05. The van der Waals surface area contributed by atoms with Crippen molar-refractivity contribution in [3.8, 4) is 10.6 Å². The predicted molar refractivity (Wildman–Crippen MR) is 81.2 cm³/mol. The number of hydrogen-bond donors (Lipinski definition) is 2. The van der Waals surface area contributed by atoms with Crippen molar-refractivity contribution in [2.24, 2.45) is 0 Å². The van der Waals surface area contributed by atoms with E-state index in [1.54, 1.807) is 0 Å².